The third kappa shape index (κ3) is 2.14. The molecule has 0 spiro atoms. The van der Waals surface area contributed by atoms with Gasteiger partial charge in [-0.25, -0.2) is 0 Å². The van der Waals surface area contributed by atoms with Crippen molar-refractivity contribution < 1.29 is 9.84 Å². The fourth-order valence-electron chi connectivity index (χ4n) is 3.02. The number of benzene rings is 2. The molecule has 4 nitrogen and oxygen atoms in total. The van der Waals surface area contributed by atoms with Crippen LogP contribution in [0.1, 0.15) is 23.7 Å². The highest BCUT2D eigenvalue weighted by molar-refractivity contribution is 7.71. The van der Waals surface area contributed by atoms with Crippen LogP contribution < -0.4 is 4.74 Å². The average Bonchev–Trinajstić information content (AvgIpc) is 2.53. The number of aromatic nitrogens is 2. The Hall–Kier alpha value is -2.40. The Morgan fingerprint density at radius 2 is 2.00 bits per heavy atom. The fourth-order valence-corrected chi connectivity index (χ4v) is 3.20. The largest absolute Gasteiger partial charge is 0.493 e. The van der Waals surface area contributed by atoms with E-state index in [2.05, 4.69) is 34.2 Å². The van der Waals surface area contributed by atoms with Gasteiger partial charge in [-0.1, -0.05) is 42.5 Å². The van der Waals surface area contributed by atoms with Gasteiger partial charge in [0.2, 0.25) is 16.5 Å². The first-order valence-corrected chi connectivity index (χ1v) is 7.59. The van der Waals surface area contributed by atoms with Gasteiger partial charge in [0.05, 0.1) is 5.56 Å². The van der Waals surface area contributed by atoms with Gasteiger partial charge in [-0.2, -0.15) is 4.98 Å². The highest BCUT2D eigenvalue weighted by Crippen LogP contribution is 2.38. The smallest absolute Gasteiger partial charge is 0.222 e. The van der Waals surface area contributed by atoms with Gasteiger partial charge in [-0.05, 0) is 35.8 Å². The molecule has 2 aromatic carbocycles. The van der Waals surface area contributed by atoms with Gasteiger partial charge in [0.25, 0.3) is 0 Å². The Kier molecular flexibility index (Phi) is 3.08. The summed E-state index contributed by atoms with van der Waals surface area (Å²) < 4.78 is 6.30. The van der Waals surface area contributed by atoms with Crippen LogP contribution >= 0.6 is 12.2 Å². The number of hydrogen-bond donors (Lipinski definition) is 2. The van der Waals surface area contributed by atoms with Crippen molar-refractivity contribution >= 4 is 23.0 Å². The molecule has 110 valence electrons. The fraction of sp³-hybridized carbons (Fsp3) is 0.176. The number of hydrogen-bond acceptors (Lipinski definition) is 4. The molecule has 1 unspecified atom stereocenters. The molecule has 1 aromatic heterocycles. The normalized spacial score (nSPS) is 17.0. The van der Waals surface area contributed by atoms with Crippen LogP contribution in [0.2, 0.25) is 0 Å². The second-order valence-corrected chi connectivity index (χ2v) is 5.77. The lowest BCUT2D eigenvalue weighted by atomic mass is 9.95. The topological polar surface area (TPSA) is 58.1 Å². The number of ether oxygens (including phenoxy) is 1. The molecule has 4 rings (SSSR count). The molecule has 3 aromatic rings. The van der Waals surface area contributed by atoms with Crippen LogP contribution in [0.4, 0.5) is 0 Å². The maximum absolute atomic E-state index is 9.89. The quantitative estimate of drug-likeness (QED) is 0.665. The molecule has 0 fully saturated rings. The number of nitrogens with one attached hydrogen (secondary N) is 1. The maximum Gasteiger partial charge on any atom is 0.222 e. The number of nitrogens with zero attached hydrogens (tertiary/aromatic N) is 1. The standard InChI is InChI=1S/C17H14N2O2S/c20-15-13-8-9-14(21-16(13)19-17(22)18-15)12-7-3-5-10-4-1-2-6-11(10)12/h1-7,14H,8-9H2,(H2,18,19,20,22). The van der Waals surface area contributed by atoms with E-state index in [4.69, 9.17) is 17.0 Å². The summed E-state index contributed by atoms with van der Waals surface area (Å²) in [6.45, 7) is 0. The summed E-state index contributed by atoms with van der Waals surface area (Å²) >= 11 is 5.01. The number of rotatable bonds is 1. The van der Waals surface area contributed by atoms with E-state index >= 15 is 0 Å². The van der Waals surface area contributed by atoms with E-state index in [0.29, 0.717) is 17.9 Å². The van der Waals surface area contributed by atoms with Crippen molar-refractivity contribution in [2.75, 3.05) is 0 Å². The molecule has 0 amide bonds. The number of fused-ring (bicyclic) bond motifs is 2. The van der Waals surface area contributed by atoms with Crippen LogP contribution in [0.5, 0.6) is 11.8 Å². The van der Waals surface area contributed by atoms with E-state index in [9.17, 15) is 5.11 Å². The van der Waals surface area contributed by atoms with Gasteiger partial charge in [-0.3, -0.25) is 0 Å². The lowest BCUT2D eigenvalue weighted by Crippen LogP contribution is -2.17. The molecular formula is C17H14N2O2S. The Morgan fingerprint density at radius 1 is 1.18 bits per heavy atom. The molecule has 1 atom stereocenters. The minimum atomic E-state index is -0.0638. The average molecular weight is 310 g/mol. The molecule has 0 aliphatic carbocycles. The minimum Gasteiger partial charge on any atom is -0.493 e. The van der Waals surface area contributed by atoms with Crippen LogP contribution in [-0.2, 0) is 6.42 Å². The van der Waals surface area contributed by atoms with E-state index < -0.39 is 0 Å². The summed E-state index contributed by atoms with van der Waals surface area (Å²) in [6, 6.07) is 14.5. The van der Waals surface area contributed by atoms with E-state index in [1.165, 1.54) is 10.8 Å². The maximum atomic E-state index is 9.89. The van der Waals surface area contributed by atoms with Crippen molar-refractivity contribution in [3.05, 3.63) is 58.4 Å². The lowest BCUT2D eigenvalue weighted by molar-refractivity contribution is 0.166. The molecule has 0 saturated carbocycles. The van der Waals surface area contributed by atoms with Crippen molar-refractivity contribution in [1.82, 2.24) is 9.97 Å². The highest BCUT2D eigenvalue weighted by Gasteiger charge is 2.26. The Labute approximate surface area is 132 Å². The zero-order valence-corrected chi connectivity index (χ0v) is 12.6. The summed E-state index contributed by atoms with van der Waals surface area (Å²) in [4.78, 5) is 6.81. The van der Waals surface area contributed by atoms with Crippen molar-refractivity contribution in [3.63, 3.8) is 0 Å². The predicted octanol–water partition coefficient (Wildman–Crippen LogP) is 4.06. The highest BCUT2D eigenvalue weighted by atomic mass is 32.1. The third-order valence-electron chi connectivity index (χ3n) is 4.06. The van der Waals surface area contributed by atoms with Crippen molar-refractivity contribution in [2.24, 2.45) is 0 Å². The summed E-state index contributed by atoms with van der Waals surface area (Å²) in [7, 11) is 0. The van der Waals surface area contributed by atoms with Crippen LogP contribution in [-0.4, -0.2) is 15.1 Å². The van der Waals surface area contributed by atoms with Crippen molar-refractivity contribution in [3.8, 4) is 11.8 Å². The third-order valence-corrected chi connectivity index (χ3v) is 4.25. The van der Waals surface area contributed by atoms with Crippen molar-refractivity contribution in [1.29, 1.82) is 0 Å². The summed E-state index contributed by atoms with van der Waals surface area (Å²) in [5, 5.41) is 12.3. The van der Waals surface area contributed by atoms with Gasteiger partial charge in [0.15, 0.2) is 0 Å². The van der Waals surface area contributed by atoms with Gasteiger partial charge in [-0.15, -0.1) is 0 Å². The molecule has 0 bridgehead atoms. The molecule has 0 saturated heterocycles. The zero-order valence-electron chi connectivity index (χ0n) is 11.7. The lowest BCUT2D eigenvalue weighted by Gasteiger charge is -2.26. The van der Waals surface area contributed by atoms with E-state index in [0.717, 1.165) is 12.0 Å². The first-order valence-electron chi connectivity index (χ1n) is 7.19. The van der Waals surface area contributed by atoms with Gasteiger partial charge in [0, 0.05) is 5.56 Å². The van der Waals surface area contributed by atoms with Crippen LogP contribution in [0.15, 0.2) is 42.5 Å². The van der Waals surface area contributed by atoms with Gasteiger partial charge >= 0.3 is 0 Å². The molecule has 1 aliphatic rings. The second kappa shape index (κ2) is 5.10. The predicted molar refractivity (Wildman–Crippen MR) is 86.7 cm³/mol. The zero-order chi connectivity index (χ0) is 15.1. The molecule has 5 heteroatoms. The monoisotopic (exact) mass is 310 g/mol. The first-order chi connectivity index (χ1) is 10.7. The minimum absolute atomic E-state index is 0.0323. The number of aromatic amines is 1. The number of aromatic hydroxyl groups is 1. The van der Waals surface area contributed by atoms with Crippen LogP contribution in [0.25, 0.3) is 10.8 Å². The molecule has 2 N–H and O–H groups in total. The summed E-state index contributed by atoms with van der Waals surface area (Å²) in [5.41, 5.74) is 1.85. The van der Waals surface area contributed by atoms with Crippen LogP contribution in [0, 0.1) is 4.77 Å². The van der Waals surface area contributed by atoms with Crippen molar-refractivity contribution in [2.45, 2.75) is 18.9 Å². The van der Waals surface area contributed by atoms with Gasteiger partial charge < -0.3 is 14.8 Å². The number of H-pyrrole nitrogens is 1. The molecule has 22 heavy (non-hydrogen) atoms. The SMILES string of the molecule is Oc1nc(=S)[nH]c2c1CCC(c1cccc3ccccc13)O2. The van der Waals surface area contributed by atoms with E-state index in [-0.39, 0.29) is 16.8 Å². The molecule has 2 heterocycles. The summed E-state index contributed by atoms with van der Waals surface area (Å²) in [5.74, 6) is 0.497. The van der Waals surface area contributed by atoms with E-state index in [1.807, 2.05) is 18.2 Å². The molecular weight excluding hydrogens is 296 g/mol. The molecule has 0 radical (unpaired) electrons. The van der Waals surface area contributed by atoms with E-state index in [1.54, 1.807) is 0 Å². The van der Waals surface area contributed by atoms with Crippen LogP contribution in [0.3, 0.4) is 0 Å². The Bertz CT molecular complexity index is 915. The summed E-state index contributed by atoms with van der Waals surface area (Å²) in [6.07, 6.45) is 1.43. The second-order valence-electron chi connectivity index (χ2n) is 5.39. The van der Waals surface area contributed by atoms with Gasteiger partial charge in [0.1, 0.15) is 6.10 Å². The molecule has 1 aliphatic heterocycles. The Morgan fingerprint density at radius 3 is 2.91 bits per heavy atom. The first kappa shape index (κ1) is 13.3. The Balaban J connectivity index is 1.80.